The zero-order valence-electron chi connectivity index (χ0n) is 9.87. The second-order valence-corrected chi connectivity index (χ2v) is 6.43. The molecule has 1 aromatic heterocycles. The van der Waals surface area contributed by atoms with Crippen LogP contribution < -0.4 is 4.46 Å². The normalized spacial score (nSPS) is 11.7. The summed E-state index contributed by atoms with van der Waals surface area (Å²) in [6, 6.07) is 10.3. The Morgan fingerprint density at radius 1 is 1.29 bits per heavy atom. The van der Waals surface area contributed by atoms with Crippen LogP contribution in [0, 0.1) is 0 Å². The first-order valence-electron chi connectivity index (χ1n) is 5.36. The van der Waals surface area contributed by atoms with Crippen molar-refractivity contribution in [3.63, 3.8) is 0 Å². The van der Waals surface area contributed by atoms with Crippen LogP contribution >= 0.6 is 0 Å². The molecule has 5 heteroatoms. The Hall–Kier alpha value is -1.16. The Morgan fingerprint density at radius 2 is 2.00 bits per heavy atom. The van der Waals surface area contributed by atoms with Crippen LogP contribution in [0.5, 0.6) is 0 Å². The quantitative estimate of drug-likeness (QED) is 0.836. The fourth-order valence-corrected chi connectivity index (χ4v) is 2.89. The van der Waals surface area contributed by atoms with Crippen LogP contribution in [0.3, 0.4) is 0 Å². The topological polar surface area (TPSA) is 50.9 Å². The first kappa shape index (κ1) is 12.3. The van der Waals surface area contributed by atoms with Gasteiger partial charge in [-0.15, -0.1) is 0 Å². The molecule has 0 aliphatic rings. The first-order chi connectivity index (χ1) is 8.05. The van der Waals surface area contributed by atoms with E-state index in [0.29, 0.717) is 20.7 Å². The van der Waals surface area contributed by atoms with Gasteiger partial charge in [-0.2, -0.15) is 0 Å². The summed E-state index contributed by atoms with van der Waals surface area (Å²) in [4.78, 5) is 0. The molecule has 1 heterocycles. The molecular formula is C12H15N3OSe. The summed E-state index contributed by atoms with van der Waals surface area (Å²) >= 11 is 0.339. The second-order valence-electron chi connectivity index (χ2n) is 4.29. The molecule has 0 saturated heterocycles. The molecule has 0 bridgehead atoms. The standard InChI is InChI=1S/C12H15N3OSe/c1-12(2,16)11-8-15(14-13-11)9-17-10-6-4-3-5-7-10/h3-8,16H,9H2,1-2H3. The van der Waals surface area contributed by atoms with E-state index in [0.717, 1.165) is 5.44 Å². The van der Waals surface area contributed by atoms with Crippen LogP contribution in [0.1, 0.15) is 19.5 Å². The molecule has 0 radical (unpaired) electrons. The molecule has 0 amide bonds. The summed E-state index contributed by atoms with van der Waals surface area (Å²) in [6.45, 7) is 3.42. The summed E-state index contributed by atoms with van der Waals surface area (Å²) in [5.41, 5.74) is 0.527. The molecule has 2 aromatic rings. The van der Waals surface area contributed by atoms with Crippen molar-refractivity contribution >= 4 is 19.4 Å². The van der Waals surface area contributed by atoms with Crippen molar-refractivity contribution in [3.8, 4) is 0 Å². The Kier molecular flexibility index (Phi) is 3.62. The number of hydrogen-bond acceptors (Lipinski definition) is 3. The van der Waals surface area contributed by atoms with Crippen molar-refractivity contribution in [2.45, 2.75) is 24.9 Å². The van der Waals surface area contributed by atoms with Gasteiger partial charge in [-0.1, -0.05) is 0 Å². The van der Waals surface area contributed by atoms with Crippen molar-refractivity contribution in [3.05, 3.63) is 42.2 Å². The minimum absolute atomic E-state index is 0.339. The zero-order valence-corrected chi connectivity index (χ0v) is 11.6. The molecule has 0 fully saturated rings. The van der Waals surface area contributed by atoms with E-state index in [9.17, 15) is 5.11 Å². The molecule has 0 spiro atoms. The third-order valence-electron chi connectivity index (χ3n) is 2.27. The van der Waals surface area contributed by atoms with E-state index in [1.54, 1.807) is 18.5 Å². The Balaban J connectivity index is 1.99. The molecule has 0 unspecified atom stereocenters. The minimum atomic E-state index is -0.919. The molecule has 4 nitrogen and oxygen atoms in total. The number of aromatic nitrogens is 3. The van der Waals surface area contributed by atoms with E-state index in [2.05, 4.69) is 22.4 Å². The van der Waals surface area contributed by atoms with E-state index in [4.69, 9.17) is 0 Å². The van der Waals surface area contributed by atoms with Gasteiger partial charge in [0.1, 0.15) is 0 Å². The van der Waals surface area contributed by atoms with Gasteiger partial charge in [-0.3, -0.25) is 0 Å². The third kappa shape index (κ3) is 3.40. The van der Waals surface area contributed by atoms with Crippen LogP contribution in [-0.4, -0.2) is 35.1 Å². The summed E-state index contributed by atoms with van der Waals surface area (Å²) in [6.07, 6.45) is 1.81. The first-order valence-corrected chi connectivity index (χ1v) is 7.43. The van der Waals surface area contributed by atoms with E-state index in [1.165, 1.54) is 4.46 Å². The van der Waals surface area contributed by atoms with Crippen molar-refractivity contribution in [1.82, 2.24) is 15.0 Å². The number of hydrogen-bond donors (Lipinski definition) is 1. The van der Waals surface area contributed by atoms with Gasteiger partial charge in [-0.25, -0.2) is 0 Å². The van der Waals surface area contributed by atoms with Gasteiger partial charge >= 0.3 is 107 Å². The molecule has 0 aliphatic heterocycles. The SMILES string of the molecule is CC(C)(O)c1cn(C[Se]c2ccccc2)nn1. The summed E-state index contributed by atoms with van der Waals surface area (Å²) in [7, 11) is 0. The van der Waals surface area contributed by atoms with Crippen LogP contribution in [0.15, 0.2) is 36.5 Å². The molecular weight excluding hydrogens is 281 g/mol. The third-order valence-corrected chi connectivity index (χ3v) is 4.37. The van der Waals surface area contributed by atoms with Crippen molar-refractivity contribution < 1.29 is 5.11 Å². The van der Waals surface area contributed by atoms with Gasteiger partial charge in [0.2, 0.25) is 0 Å². The average molecular weight is 296 g/mol. The van der Waals surface area contributed by atoms with E-state index in [1.807, 2.05) is 24.4 Å². The molecule has 1 aromatic carbocycles. The molecule has 2 rings (SSSR count). The Morgan fingerprint density at radius 3 is 2.59 bits per heavy atom. The predicted molar refractivity (Wildman–Crippen MR) is 67.1 cm³/mol. The maximum atomic E-state index is 9.78. The molecule has 17 heavy (non-hydrogen) atoms. The molecule has 0 atom stereocenters. The van der Waals surface area contributed by atoms with Crippen molar-refractivity contribution in [2.24, 2.45) is 0 Å². The molecule has 0 saturated carbocycles. The molecule has 1 N–H and O–H groups in total. The monoisotopic (exact) mass is 297 g/mol. The summed E-state index contributed by atoms with van der Waals surface area (Å²) in [5.74, 6) is 0. The van der Waals surface area contributed by atoms with Crippen LogP contribution in [-0.2, 0) is 11.0 Å². The van der Waals surface area contributed by atoms with Gasteiger partial charge in [0.15, 0.2) is 0 Å². The number of nitrogens with zero attached hydrogens (tertiary/aromatic N) is 3. The number of benzene rings is 1. The van der Waals surface area contributed by atoms with Gasteiger partial charge in [0.05, 0.1) is 0 Å². The second kappa shape index (κ2) is 5.00. The van der Waals surface area contributed by atoms with Crippen molar-refractivity contribution in [2.75, 3.05) is 0 Å². The predicted octanol–water partition coefficient (Wildman–Crippen LogP) is 0.493. The summed E-state index contributed by atoms with van der Waals surface area (Å²) < 4.78 is 3.13. The van der Waals surface area contributed by atoms with Gasteiger partial charge in [0.25, 0.3) is 0 Å². The van der Waals surface area contributed by atoms with Gasteiger partial charge in [0, 0.05) is 0 Å². The van der Waals surface area contributed by atoms with Gasteiger partial charge < -0.3 is 0 Å². The maximum absolute atomic E-state index is 9.78. The van der Waals surface area contributed by atoms with Crippen molar-refractivity contribution in [1.29, 1.82) is 0 Å². The zero-order chi connectivity index (χ0) is 12.3. The fourth-order valence-electron chi connectivity index (χ4n) is 1.30. The van der Waals surface area contributed by atoms with E-state index in [-0.39, 0.29) is 0 Å². The van der Waals surface area contributed by atoms with Gasteiger partial charge in [-0.05, 0) is 0 Å². The molecule has 90 valence electrons. The summed E-state index contributed by atoms with van der Waals surface area (Å²) in [5, 5.41) is 17.8. The Bertz CT molecular complexity index is 476. The molecule has 0 aliphatic carbocycles. The van der Waals surface area contributed by atoms with E-state index < -0.39 is 5.60 Å². The van der Waals surface area contributed by atoms with Crippen LogP contribution in [0.4, 0.5) is 0 Å². The van der Waals surface area contributed by atoms with E-state index >= 15 is 0 Å². The number of aliphatic hydroxyl groups is 1. The average Bonchev–Trinajstić information content (AvgIpc) is 2.76. The number of rotatable bonds is 4. The van der Waals surface area contributed by atoms with Crippen LogP contribution in [0.2, 0.25) is 0 Å². The van der Waals surface area contributed by atoms with Crippen LogP contribution in [0.25, 0.3) is 0 Å². The fraction of sp³-hybridized carbons (Fsp3) is 0.333. The Labute approximate surface area is 107 Å².